The highest BCUT2D eigenvalue weighted by Gasteiger charge is 2.59. The van der Waals surface area contributed by atoms with E-state index in [1.165, 1.54) is 28.8 Å². The Morgan fingerprint density at radius 2 is 1.79 bits per heavy atom. The number of aryl methyl sites for hydroxylation is 3. The summed E-state index contributed by atoms with van der Waals surface area (Å²) in [6, 6.07) is 11.0. The van der Waals surface area contributed by atoms with E-state index in [1.54, 1.807) is 49.2 Å². The van der Waals surface area contributed by atoms with Crippen LogP contribution in [0.3, 0.4) is 0 Å². The summed E-state index contributed by atoms with van der Waals surface area (Å²) in [5.74, 6) is -3.17. The van der Waals surface area contributed by atoms with Gasteiger partial charge >= 0.3 is 0 Å². The molecule has 3 aromatic rings. The number of methoxy groups -OCH3 is 1. The molecule has 5 rings (SSSR count). The zero-order valence-electron chi connectivity index (χ0n) is 24.1. The summed E-state index contributed by atoms with van der Waals surface area (Å²) in [5, 5.41) is 8.01. The maximum atomic E-state index is 14.7. The lowest BCUT2D eigenvalue weighted by Crippen LogP contribution is -2.55. The SMILES string of the molecule is COCC(=O)N1C(C(=O)N2CCNCC2)C(c2ccc(F)cc2)C(C(=O)c2cccc(C)c2)C1c1c(C)nn(C)c1Cl. The van der Waals surface area contributed by atoms with Crippen LogP contribution in [0.2, 0.25) is 5.15 Å². The van der Waals surface area contributed by atoms with E-state index < -0.39 is 35.6 Å². The summed E-state index contributed by atoms with van der Waals surface area (Å²) >= 11 is 6.84. The topological polar surface area (TPSA) is 96.8 Å². The first-order valence-corrected chi connectivity index (χ1v) is 14.4. The van der Waals surface area contributed by atoms with Gasteiger partial charge in [-0.2, -0.15) is 5.10 Å². The van der Waals surface area contributed by atoms with Gasteiger partial charge in [0.15, 0.2) is 5.78 Å². The number of carbonyl (C=O) groups excluding carboxylic acids is 3. The molecule has 2 saturated heterocycles. The maximum Gasteiger partial charge on any atom is 0.249 e. The van der Waals surface area contributed by atoms with Gasteiger partial charge in [-0.05, 0) is 37.6 Å². The number of halogens is 2. The van der Waals surface area contributed by atoms with E-state index in [-0.39, 0.29) is 23.5 Å². The third-order valence-electron chi connectivity index (χ3n) is 8.26. The fraction of sp³-hybridized carbons (Fsp3) is 0.419. The molecule has 1 aromatic heterocycles. The molecule has 222 valence electrons. The van der Waals surface area contributed by atoms with Gasteiger partial charge in [0, 0.05) is 57.4 Å². The lowest BCUT2D eigenvalue weighted by atomic mass is 9.75. The summed E-state index contributed by atoms with van der Waals surface area (Å²) in [7, 11) is 3.10. The Morgan fingerprint density at radius 3 is 2.38 bits per heavy atom. The van der Waals surface area contributed by atoms with Gasteiger partial charge in [-0.15, -0.1) is 0 Å². The van der Waals surface area contributed by atoms with Crippen LogP contribution in [0.15, 0.2) is 48.5 Å². The number of nitrogens with zero attached hydrogens (tertiary/aromatic N) is 4. The average molecular weight is 596 g/mol. The number of carbonyl (C=O) groups is 3. The number of benzene rings is 2. The second-order valence-electron chi connectivity index (χ2n) is 10.9. The number of amides is 2. The van der Waals surface area contributed by atoms with Crippen molar-refractivity contribution in [3.8, 4) is 0 Å². The monoisotopic (exact) mass is 595 g/mol. The smallest absolute Gasteiger partial charge is 0.249 e. The van der Waals surface area contributed by atoms with Crippen LogP contribution in [0.4, 0.5) is 4.39 Å². The van der Waals surface area contributed by atoms with Crippen molar-refractivity contribution in [2.75, 3.05) is 39.9 Å². The van der Waals surface area contributed by atoms with E-state index >= 15 is 0 Å². The number of piperazine rings is 1. The summed E-state index contributed by atoms with van der Waals surface area (Å²) in [6.07, 6.45) is 0. The van der Waals surface area contributed by atoms with Crippen molar-refractivity contribution in [3.63, 3.8) is 0 Å². The molecular weight excluding hydrogens is 561 g/mol. The number of rotatable bonds is 7. The minimum atomic E-state index is -1.07. The van der Waals surface area contributed by atoms with Crippen LogP contribution in [-0.4, -0.2) is 83.1 Å². The molecule has 3 heterocycles. The molecule has 0 spiro atoms. The summed E-state index contributed by atoms with van der Waals surface area (Å²) in [5.41, 5.74) is 2.95. The first-order valence-electron chi connectivity index (χ1n) is 14.0. The van der Waals surface area contributed by atoms with Crippen molar-refractivity contribution in [1.82, 2.24) is 24.9 Å². The molecule has 0 bridgehead atoms. The van der Waals surface area contributed by atoms with Crippen molar-refractivity contribution < 1.29 is 23.5 Å². The third-order valence-corrected chi connectivity index (χ3v) is 8.70. The van der Waals surface area contributed by atoms with E-state index in [0.717, 1.165) is 5.56 Å². The third kappa shape index (κ3) is 5.46. The summed E-state index contributed by atoms with van der Waals surface area (Å²) < 4.78 is 21.0. The largest absolute Gasteiger partial charge is 0.375 e. The summed E-state index contributed by atoms with van der Waals surface area (Å²) in [6.45, 7) is 5.47. The molecule has 2 aliphatic rings. The van der Waals surface area contributed by atoms with Crippen LogP contribution in [-0.2, 0) is 21.4 Å². The minimum Gasteiger partial charge on any atom is -0.375 e. The van der Waals surface area contributed by atoms with E-state index in [1.807, 2.05) is 13.0 Å². The number of ketones is 1. The number of aromatic nitrogens is 2. The molecule has 0 saturated carbocycles. The molecule has 2 amide bonds. The van der Waals surface area contributed by atoms with Gasteiger partial charge in [0.25, 0.3) is 0 Å². The van der Waals surface area contributed by atoms with E-state index in [0.29, 0.717) is 48.6 Å². The van der Waals surface area contributed by atoms with Crippen molar-refractivity contribution in [1.29, 1.82) is 0 Å². The Kier molecular flexibility index (Phi) is 8.77. The molecule has 42 heavy (non-hydrogen) atoms. The van der Waals surface area contributed by atoms with Gasteiger partial charge in [0.2, 0.25) is 11.8 Å². The van der Waals surface area contributed by atoms with Crippen molar-refractivity contribution >= 4 is 29.2 Å². The molecule has 9 nitrogen and oxygen atoms in total. The number of Topliss-reactive ketones (excluding diaryl/α,β-unsaturated/α-hetero) is 1. The van der Waals surface area contributed by atoms with Gasteiger partial charge in [0.1, 0.15) is 23.6 Å². The normalized spacial score (nSPS) is 22.4. The molecule has 4 unspecified atom stereocenters. The predicted molar refractivity (Wildman–Crippen MR) is 156 cm³/mol. The Balaban J connectivity index is 1.80. The van der Waals surface area contributed by atoms with E-state index in [4.69, 9.17) is 16.3 Å². The van der Waals surface area contributed by atoms with Crippen molar-refractivity contribution in [2.24, 2.45) is 13.0 Å². The Morgan fingerprint density at radius 1 is 1.10 bits per heavy atom. The van der Waals surface area contributed by atoms with Gasteiger partial charge in [-0.25, -0.2) is 4.39 Å². The average Bonchev–Trinajstić information content (AvgIpc) is 3.45. The van der Waals surface area contributed by atoms with Crippen LogP contribution in [0.5, 0.6) is 0 Å². The van der Waals surface area contributed by atoms with Gasteiger partial charge in [-0.1, -0.05) is 47.5 Å². The lowest BCUT2D eigenvalue weighted by Gasteiger charge is -2.36. The molecule has 11 heteroatoms. The Hall–Kier alpha value is -3.60. The standard InChI is InChI=1S/C31H35ClFN5O4/c1-18-6-5-7-21(16-18)29(40)26-25(20-8-10-22(33)11-9-20)28(31(41)37-14-12-34-13-15-37)38(23(39)17-42-4)27(26)24-19(2)35-36(3)30(24)32/h5-11,16,25-28,34H,12-15,17H2,1-4H3. The molecule has 4 atom stereocenters. The molecule has 2 aliphatic heterocycles. The minimum absolute atomic E-state index is 0.247. The summed E-state index contributed by atoms with van der Waals surface area (Å²) in [4.78, 5) is 46.4. The zero-order valence-corrected chi connectivity index (χ0v) is 24.9. The van der Waals surface area contributed by atoms with Crippen molar-refractivity contribution in [2.45, 2.75) is 31.8 Å². The van der Waals surface area contributed by atoms with Crippen LogP contribution in [0.1, 0.15) is 44.7 Å². The first-order chi connectivity index (χ1) is 20.1. The van der Waals surface area contributed by atoms with E-state index in [9.17, 15) is 18.8 Å². The quantitative estimate of drug-likeness (QED) is 0.421. The fourth-order valence-electron chi connectivity index (χ4n) is 6.44. The predicted octanol–water partition coefficient (Wildman–Crippen LogP) is 3.44. The van der Waals surface area contributed by atoms with Crippen LogP contribution in [0.25, 0.3) is 0 Å². The first kappa shape index (κ1) is 29.9. The number of hydrogen-bond donors (Lipinski definition) is 1. The highest BCUT2D eigenvalue weighted by Crippen LogP contribution is 2.53. The molecule has 0 aliphatic carbocycles. The molecular formula is C31H35ClFN5O4. The number of likely N-dealkylation sites (tertiary alicyclic amines) is 1. The number of hydrogen-bond acceptors (Lipinski definition) is 6. The fourth-order valence-corrected chi connectivity index (χ4v) is 6.72. The number of ether oxygens (including phenoxy) is 1. The van der Waals surface area contributed by atoms with E-state index in [2.05, 4.69) is 10.4 Å². The lowest BCUT2D eigenvalue weighted by molar-refractivity contribution is -0.148. The number of nitrogens with one attached hydrogen (secondary N) is 1. The van der Waals surface area contributed by atoms with Crippen LogP contribution in [0, 0.1) is 25.6 Å². The second-order valence-corrected chi connectivity index (χ2v) is 11.3. The second kappa shape index (κ2) is 12.3. The highest BCUT2D eigenvalue weighted by molar-refractivity contribution is 6.30. The zero-order chi connectivity index (χ0) is 30.1. The van der Waals surface area contributed by atoms with Crippen molar-refractivity contribution in [3.05, 3.63) is 87.4 Å². The molecule has 0 radical (unpaired) electrons. The van der Waals surface area contributed by atoms with Crippen LogP contribution < -0.4 is 5.32 Å². The molecule has 1 N–H and O–H groups in total. The van der Waals surface area contributed by atoms with Gasteiger partial charge in [0.05, 0.1) is 17.7 Å². The molecule has 2 aromatic carbocycles. The maximum absolute atomic E-state index is 14.7. The molecule has 2 fully saturated rings. The Labute approximate surface area is 249 Å². The van der Waals surface area contributed by atoms with Crippen LogP contribution >= 0.6 is 11.6 Å². The Bertz CT molecular complexity index is 1490. The highest BCUT2D eigenvalue weighted by atomic mass is 35.5. The van der Waals surface area contributed by atoms with Gasteiger partial charge in [-0.3, -0.25) is 19.1 Å². The van der Waals surface area contributed by atoms with Gasteiger partial charge < -0.3 is 19.9 Å².